The lowest BCUT2D eigenvalue weighted by atomic mass is 10.2. The summed E-state index contributed by atoms with van der Waals surface area (Å²) in [5, 5.41) is 10.6. The average molecular weight is 478 g/mol. The molecule has 32 heavy (non-hydrogen) atoms. The van der Waals surface area contributed by atoms with Crippen molar-refractivity contribution in [2.24, 2.45) is 5.14 Å². The van der Waals surface area contributed by atoms with E-state index >= 15 is 0 Å². The molecule has 12 heteroatoms. The molecule has 0 aliphatic carbocycles. The second kappa shape index (κ2) is 9.34. The van der Waals surface area contributed by atoms with Gasteiger partial charge >= 0.3 is 5.97 Å². The molecule has 0 saturated heterocycles. The monoisotopic (exact) mass is 477 g/mol. The Morgan fingerprint density at radius 3 is 2.41 bits per heavy atom. The van der Waals surface area contributed by atoms with Crippen molar-refractivity contribution in [3.63, 3.8) is 0 Å². The minimum absolute atomic E-state index is 0.0990. The first-order valence-electron chi connectivity index (χ1n) is 9.14. The fourth-order valence-electron chi connectivity index (χ4n) is 2.57. The van der Waals surface area contributed by atoms with E-state index in [-0.39, 0.29) is 15.5 Å². The van der Waals surface area contributed by atoms with Crippen LogP contribution in [-0.4, -0.2) is 32.3 Å². The number of nitrogens with one attached hydrogen (secondary N) is 2. The summed E-state index contributed by atoms with van der Waals surface area (Å²) in [5.41, 5.74) is 0.876. The van der Waals surface area contributed by atoms with Crippen LogP contribution in [-0.2, 0) is 19.6 Å². The third-order valence-electron chi connectivity index (χ3n) is 4.19. The second-order valence-electron chi connectivity index (χ2n) is 6.66. The van der Waals surface area contributed by atoms with E-state index < -0.39 is 33.9 Å². The minimum Gasteiger partial charge on any atom is -0.459 e. The van der Waals surface area contributed by atoms with Gasteiger partial charge in [-0.3, -0.25) is 9.59 Å². The van der Waals surface area contributed by atoms with Gasteiger partial charge in [-0.2, -0.15) is 0 Å². The van der Waals surface area contributed by atoms with Crippen molar-refractivity contribution >= 4 is 49.8 Å². The molecule has 0 bridgehead atoms. The number of rotatable bonds is 7. The van der Waals surface area contributed by atoms with E-state index in [1.54, 1.807) is 19.1 Å². The second-order valence-corrected chi connectivity index (χ2v) is 9.27. The lowest BCUT2D eigenvalue weighted by Gasteiger charge is -2.13. The summed E-state index contributed by atoms with van der Waals surface area (Å²) in [5.74, 6) is -1.67. The molecule has 1 atom stereocenters. The number of hydrogen-bond donors (Lipinski definition) is 3. The molecule has 3 rings (SSSR count). The van der Waals surface area contributed by atoms with Gasteiger partial charge in [-0.15, -0.1) is 11.3 Å². The maximum atomic E-state index is 12.5. The zero-order valence-electron chi connectivity index (χ0n) is 16.9. The topological polar surface area (TPSA) is 158 Å². The molecule has 0 radical (unpaired) electrons. The van der Waals surface area contributed by atoms with Crippen molar-refractivity contribution in [2.75, 3.05) is 10.6 Å². The smallest absolute Gasteiger partial charge is 0.349 e. The maximum absolute atomic E-state index is 12.5. The molecule has 0 aliphatic heterocycles. The average Bonchev–Trinajstić information content (AvgIpc) is 3.37. The lowest BCUT2D eigenvalue weighted by Crippen LogP contribution is -2.30. The first-order valence-corrected chi connectivity index (χ1v) is 11.5. The van der Waals surface area contributed by atoms with Gasteiger partial charge < -0.3 is 19.8 Å². The van der Waals surface area contributed by atoms with E-state index in [0.29, 0.717) is 16.3 Å². The number of thiophene rings is 1. The number of primary sulfonamides is 1. The Kier molecular flexibility index (Phi) is 6.77. The molecule has 10 nitrogen and oxygen atoms in total. The number of carbonyl (C=O) groups excluding carboxylic acids is 3. The number of esters is 1. The standard InChI is InChI=1S/C20H19N3O7S2/c1-11-10-16(23-19(25)15-4-3-9-29-15)31-17(11)20(26)30-12(2)18(24)22-13-5-7-14(8-6-13)32(21,27)28/h3-10,12H,1-2H3,(H,22,24)(H,23,25)(H2,21,27,28). The molecule has 1 aromatic carbocycles. The lowest BCUT2D eigenvalue weighted by molar-refractivity contribution is -0.123. The number of nitrogens with two attached hydrogens (primary N) is 1. The number of benzene rings is 1. The van der Waals surface area contributed by atoms with Gasteiger partial charge in [-0.25, -0.2) is 18.4 Å². The van der Waals surface area contributed by atoms with E-state index in [2.05, 4.69) is 10.6 Å². The molecule has 2 heterocycles. The van der Waals surface area contributed by atoms with Crippen LogP contribution in [0.2, 0.25) is 0 Å². The Morgan fingerprint density at radius 2 is 1.81 bits per heavy atom. The summed E-state index contributed by atoms with van der Waals surface area (Å²) in [6.45, 7) is 3.07. The first-order chi connectivity index (χ1) is 15.0. The molecular formula is C20H19N3O7S2. The predicted molar refractivity (Wildman–Crippen MR) is 117 cm³/mol. The van der Waals surface area contributed by atoms with Gasteiger partial charge in [0.25, 0.3) is 11.8 Å². The third kappa shape index (κ3) is 5.60. The summed E-state index contributed by atoms with van der Waals surface area (Å²) in [6, 6.07) is 9.92. The molecule has 0 fully saturated rings. The number of furan rings is 1. The molecule has 0 spiro atoms. The molecule has 1 unspecified atom stereocenters. The number of sulfonamides is 1. The van der Waals surface area contributed by atoms with Crippen molar-refractivity contribution in [2.45, 2.75) is 24.8 Å². The fraction of sp³-hybridized carbons (Fsp3) is 0.150. The quantitative estimate of drug-likeness (QED) is 0.441. The predicted octanol–water partition coefficient (Wildman–Crippen LogP) is 2.73. The number of amides is 2. The van der Waals surface area contributed by atoms with Crippen LogP contribution in [0.15, 0.2) is 58.0 Å². The minimum atomic E-state index is -3.85. The van der Waals surface area contributed by atoms with Crippen LogP contribution in [0.3, 0.4) is 0 Å². The molecule has 2 aromatic heterocycles. The van der Waals surface area contributed by atoms with E-state index in [0.717, 1.165) is 11.3 Å². The third-order valence-corrected chi connectivity index (χ3v) is 6.25. The molecule has 3 aromatic rings. The fourth-order valence-corrected chi connectivity index (χ4v) is 4.03. The van der Waals surface area contributed by atoms with Gasteiger partial charge in [-0.05, 0) is 61.9 Å². The van der Waals surface area contributed by atoms with Gasteiger partial charge in [-0.1, -0.05) is 0 Å². The highest BCUT2D eigenvalue weighted by molar-refractivity contribution is 7.89. The van der Waals surface area contributed by atoms with Crippen LogP contribution in [0.4, 0.5) is 10.7 Å². The highest BCUT2D eigenvalue weighted by Gasteiger charge is 2.23. The molecule has 0 saturated carbocycles. The van der Waals surface area contributed by atoms with Gasteiger partial charge in [0.2, 0.25) is 10.0 Å². The Morgan fingerprint density at radius 1 is 1.12 bits per heavy atom. The van der Waals surface area contributed by atoms with Gasteiger partial charge in [0.1, 0.15) is 4.88 Å². The molecule has 4 N–H and O–H groups in total. The molecule has 168 valence electrons. The number of hydrogen-bond acceptors (Lipinski definition) is 8. The van der Waals surface area contributed by atoms with Crippen molar-refractivity contribution in [3.8, 4) is 0 Å². The van der Waals surface area contributed by atoms with E-state index in [4.69, 9.17) is 14.3 Å². The van der Waals surface area contributed by atoms with Crippen LogP contribution in [0.25, 0.3) is 0 Å². The van der Waals surface area contributed by atoms with Crippen LogP contribution >= 0.6 is 11.3 Å². The number of ether oxygens (including phenoxy) is 1. The van der Waals surface area contributed by atoms with Crippen LogP contribution < -0.4 is 15.8 Å². The highest BCUT2D eigenvalue weighted by Crippen LogP contribution is 2.28. The van der Waals surface area contributed by atoms with E-state index in [1.807, 2.05) is 0 Å². The number of carbonyl (C=O) groups is 3. The van der Waals surface area contributed by atoms with Crippen LogP contribution in [0.5, 0.6) is 0 Å². The van der Waals surface area contributed by atoms with E-state index in [1.165, 1.54) is 43.5 Å². The zero-order chi connectivity index (χ0) is 23.5. The Balaban J connectivity index is 1.60. The van der Waals surface area contributed by atoms with Crippen molar-refractivity contribution in [3.05, 3.63) is 64.9 Å². The summed E-state index contributed by atoms with van der Waals surface area (Å²) in [4.78, 5) is 37.1. The summed E-state index contributed by atoms with van der Waals surface area (Å²) >= 11 is 1.01. The van der Waals surface area contributed by atoms with Crippen LogP contribution in [0.1, 0.15) is 32.7 Å². The highest BCUT2D eigenvalue weighted by atomic mass is 32.2. The van der Waals surface area contributed by atoms with E-state index in [9.17, 15) is 22.8 Å². The SMILES string of the molecule is Cc1cc(NC(=O)c2ccco2)sc1C(=O)OC(C)C(=O)Nc1ccc(S(N)(=O)=O)cc1. The first kappa shape index (κ1) is 23.2. The summed E-state index contributed by atoms with van der Waals surface area (Å²) in [7, 11) is -3.85. The Hall–Kier alpha value is -3.48. The Labute approximate surface area is 187 Å². The van der Waals surface area contributed by atoms with Gasteiger partial charge in [0.05, 0.1) is 16.2 Å². The van der Waals surface area contributed by atoms with Gasteiger partial charge in [0, 0.05) is 5.69 Å². The van der Waals surface area contributed by atoms with Crippen molar-refractivity contribution in [1.29, 1.82) is 0 Å². The van der Waals surface area contributed by atoms with Gasteiger partial charge in [0.15, 0.2) is 11.9 Å². The number of anilines is 2. The summed E-state index contributed by atoms with van der Waals surface area (Å²) in [6.07, 6.45) is 0.237. The largest absolute Gasteiger partial charge is 0.459 e. The Bertz CT molecular complexity index is 1250. The maximum Gasteiger partial charge on any atom is 0.349 e. The summed E-state index contributed by atoms with van der Waals surface area (Å²) < 4.78 is 32.8. The van der Waals surface area contributed by atoms with Crippen LogP contribution in [0, 0.1) is 6.92 Å². The normalized spacial score (nSPS) is 12.1. The van der Waals surface area contributed by atoms with Crippen molar-refractivity contribution in [1.82, 2.24) is 0 Å². The number of aryl methyl sites for hydroxylation is 1. The molecule has 0 aliphatic rings. The molecule has 2 amide bonds. The zero-order valence-corrected chi connectivity index (χ0v) is 18.6. The van der Waals surface area contributed by atoms with Crippen molar-refractivity contribution < 1.29 is 32.0 Å². The molecular weight excluding hydrogens is 458 g/mol.